The molecule has 1 aliphatic carbocycles. The van der Waals surface area contributed by atoms with E-state index in [1.807, 2.05) is 12.1 Å². The SMILES string of the molecule is CC(C)Cc1ccc2ccc(NC(=O)OC3CCC3)nc2c1. The van der Waals surface area contributed by atoms with Crippen molar-refractivity contribution < 1.29 is 9.53 Å². The minimum Gasteiger partial charge on any atom is -0.446 e. The fourth-order valence-corrected chi connectivity index (χ4v) is 2.60. The van der Waals surface area contributed by atoms with Crippen molar-refractivity contribution in [2.24, 2.45) is 5.92 Å². The summed E-state index contributed by atoms with van der Waals surface area (Å²) >= 11 is 0. The van der Waals surface area contributed by atoms with Gasteiger partial charge in [0.25, 0.3) is 0 Å². The summed E-state index contributed by atoms with van der Waals surface area (Å²) in [6.45, 7) is 4.40. The van der Waals surface area contributed by atoms with Gasteiger partial charge in [-0.1, -0.05) is 26.0 Å². The van der Waals surface area contributed by atoms with Crippen molar-refractivity contribution in [2.75, 3.05) is 5.32 Å². The Hall–Kier alpha value is -2.10. The van der Waals surface area contributed by atoms with Gasteiger partial charge < -0.3 is 4.74 Å². The van der Waals surface area contributed by atoms with Crippen LogP contribution in [0.4, 0.5) is 10.6 Å². The molecule has 1 N–H and O–H groups in total. The molecule has 0 bridgehead atoms. The molecular formula is C18H22N2O2. The molecule has 22 heavy (non-hydrogen) atoms. The summed E-state index contributed by atoms with van der Waals surface area (Å²) in [6.07, 6.45) is 3.78. The number of anilines is 1. The number of nitrogens with zero attached hydrogens (tertiary/aromatic N) is 1. The van der Waals surface area contributed by atoms with E-state index in [0.717, 1.165) is 36.6 Å². The lowest BCUT2D eigenvalue weighted by atomic mass is 9.96. The van der Waals surface area contributed by atoms with Crippen LogP contribution in [0, 0.1) is 5.92 Å². The van der Waals surface area contributed by atoms with Crippen LogP contribution >= 0.6 is 0 Å². The van der Waals surface area contributed by atoms with E-state index in [9.17, 15) is 4.79 Å². The molecule has 0 saturated heterocycles. The number of rotatable bonds is 4. The van der Waals surface area contributed by atoms with Crippen molar-refractivity contribution in [2.45, 2.75) is 45.6 Å². The van der Waals surface area contributed by atoms with E-state index in [-0.39, 0.29) is 6.10 Å². The summed E-state index contributed by atoms with van der Waals surface area (Å²) in [5.41, 5.74) is 2.17. The Bertz CT molecular complexity index is 678. The topological polar surface area (TPSA) is 51.2 Å². The molecule has 4 nitrogen and oxygen atoms in total. The molecule has 1 saturated carbocycles. The van der Waals surface area contributed by atoms with Crippen molar-refractivity contribution in [3.05, 3.63) is 35.9 Å². The highest BCUT2D eigenvalue weighted by Gasteiger charge is 2.21. The molecule has 0 spiro atoms. The van der Waals surface area contributed by atoms with E-state index in [1.165, 1.54) is 5.56 Å². The molecule has 4 heteroatoms. The summed E-state index contributed by atoms with van der Waals surface area (Å²) in [5, 5.41) is 3.80. The minimum absolute atomic E-state index is 0.0816. The van der Waals surface area contributed by atoms with Crippen LogP contribution in [0.25, 0.3) is 10.9 Å². The highest BCUT2D eigenvalue weighted by Crippen LogP contribution is 2.23. The van der Waals surface area contributed by atoms with Crippen molar-refractivity contribution >= 4 is 22.8 Å². The first-order chi connectivity index (χ1) is 10.6. The Labute approximate surface area is 130 Å². The molecule has 1 fully saturated rings. The van der Waals surface area contributed by atoms with Crippen LogP contribution in [0.15, 0.2) is 30.3 Å². The molecular weight excluding hydrogens is 276 g/mol. The molecule has 1 aromatic heterocycles. The zero-order valence-corrected chi connectivity index (χ0v) is 13.1. The second kappa shape index (κ2) is 6.34. The van der Waals surface area contributed by atoms with Crippen LogP contribution in [0.3, 0.4) is 0 Å². The Kier molecular flexibility index (Phi) is 4.27. The molecule has 0 aliphatic heterocycles. The maximum Gasteiger partial charge on any atom is 0.413 e. The third-order valence-corrected chi connectivity index (χ3v) is 3.96. The largest absolute Gasteiger partial charge is 0.446 e. The van der Waals surface area contributed by atoms with Gasteiger partial charge in [0.2, 0.25) is 0 Å². The van der Waals surface area contributed by atoms with Gasteiger partial charge in [-0.05, 0) is 55.4 Å². The van der Waals surface area contributed by atoms with Gasteiger partial charge in [-0.2, -0.15) is 0 Å². The number of ether oxygens (including phenoxy) is 1. The van der Waals surface area contributed by atoms with E-state index in [1.54, 1.807) is 0 Å². The second-order valence-corrected chi connectivity index (χ2v) is 6.40. The summed E-state index contributed by atoms with van der Waals surface area (Å²) in [5.74, 6) is 1.15. The van der Waals surface area contributed by atoms with Crippen LogP contribution in [-0.4, -0.2) is 17.2 Å². The van der Waals surface area contributed by atoms with Crippen molar-refractivity contribution in [3.8, 4) is 0 Å². The molecule has 1 aromatic carbocycles. The summed E-state index contributed by atoms with van der Waals surface area (Å²) in [7, 11) is 0. The average molecular weight is 298 g/mol. The average Bonchev–Trinajstić information content (AvgIpc) is 2.42. The van der Waals surface area contributed by atoms with Gasteiger partial charge in [0.1, 0.15) is 11.9 Å². The van der Waals surface area contributed by atoms with Crippen molar-refractivity contribution in [1.29, 1.82) is 0 Å². The Morgan fingerprint density at radius 2 is 2.09 bits per heavy atom. The van der Waals surface area contributed by atoms with Gasteiger partial charge in [0.05, 0.1) is 5.52 Å². The smallest absolute Gasteiger partial charge is 0.413 e. The zero-order chi connectivity index (χ0) is 15.5. The van der Waals surface area contributed by atoms with Gasteiger partial charge in [0, 0.05) is 5.39 Å². The molecule has 2 aromatic rings. The van der Waals surface area contributed by atoms with E-state index in [4.69, 9.17) is 4.74 Å². The van der Waals surface area contributed by atoms with Gasteiger partial charge in [0.15, 0.2) is 0 Å². The van der Waals surface area contributed by atoms with Crippen LogP contribution in [0.5, 0.6) is 0 Å². The third kappa shape index (κ3) is 3.56. The van der Waals surface area contributed by atoms with Gasteiger partial charge in [-0.25, -0.2) is 9.78 Å². The van der Waals surface area contributed by atoms with E-state index in [2.05, 4.69) is 42.3 Å². The number of hydrogen-bond donors (Lipinski definition) is 1. The number of benzene rings is 1. The van der Waals surface area contributed by atoms with Crippen LogP contribution < -0.4 is 5.32 Å². The zero-order valence-electron chi connectivity index (χ0n) is 13.1. The predicted octanol–water partition coefficient (Wildman–Crippen LogP) is 4.53. The number of amides is 1. The molecule has 116 valence electrons. The molecule has 1 aliphatic rings. The molecule has 1 heterocycles. The number of nitrogens with one attached hydrogen (secondary N) is 1. The lowest BCUT2D eigenvalue weighted by Gasteiger charge is -2.24. The van der Waals surface area contributed by atoms with Crippen molar-refractivity contribution in [1.82, 2.24) is 4.98 Å². The highest BCUT2D eigenvalue weighted by molar-refractivity contribution is 5.87. The standard InChI is InChI=1S/C18H22N2O2/c1-12(2)10-13-6-7-14-8-9-17(19-16(14)11-13)20-18(21)22-15-4-3-5-15/h6-9,11-12,15H,3-5,10H2,1-2H3,(H,19,20,21). The second-order valence-electron chi connectivity index (χ2n) is 6.40. The number of hydrogen-bond acceptors (Lipinski definition) is 3. The first-order valence-corrected chi connectivity index (χ1v) is 7.97. The Morgan fingerprint density at radius 1 is 1.32 bits per heavy atom. The van der Waals surface area contributed by atoms with Gasteiger partial charge in [-0.15, -0.1) is 0 Å². The van der Waals surface area contributed by atoms with E-state index >= 15 is 0 Å². The number of aromatic nitrogens is 1. The van der Waals surface area contributed by atoms with Gasteiger partial charge >= 0.3 is 6.09 Å². The maximum absolute atomic E-state index is 11.8. The molecule has 0 radical (unpaired) electrons. The van der Waals surface area contributed by atoms with Crippen molar-refractivity contribution in [3.63, 3.8) is 0 Å². The fourth-order valence-electron chi connectivity index (χ4n) is 2.60. The van der Waals surface area contributed by atoms with E-state index in [0.29, 0.717) is 11.7 Å². The van der Waals surface area contributed by atoms with Crippen LogP contribution in [-0.2, 0) is 11.2 Å². The number of carbonyl (C=O) groups is 1. The van der Waals surface area contributed by atoms with Crippen LogP contribution in [0.1, 0.15) is 38.7 Å². The van der Waals surface area contributed by atoms with Crippen LogP contribution in [0.2, 0.25) is 0 Å². The summed E-state index contributed by atoms with van der Waals surface area (Å²) in [6, 6.07) is 10.1. The number of fused-ring (bicyclic) bond motifs is 1. The minimum atomic E-state index is -0.408. The van der Waals surface area contributed by atoms with E-state index < -0.39 is 6.09 Å². The fraction of sp³-hybridized carbons (Fsp3) is 0.444. The monoisotopic (exact) mass is 298 g/mol. The first kappa shape index (κ1) is 14.8. The number of carbonyl (C=O) groups excluding carboxylic acids is 1. The molecule has 0 atom stereocenters. The summed E-state index contributed by atoms with van der Waals surface area (Å²) in [4.78, 5) is 16.3. The maximum atomic E-state index is 11.8. The highest BCUT2D eigenvalue weighted by atomic mass is 16.6. The first-order valence-electron chi connectivity index (χ1n) is 7.97. The molecule has 1 amide bonds. The normalized spacial score (nSPS) is 14.9. The lowest BCUT2D eigenvalue weighted by molar-refractivity contribution is 0.0623. The molecule has 3 rings (SSSR count). The Morgan fingerprint density at radius 3 is 2.77 bits per heavy atom. The summed E-state index contributed by atoms with van der Waals surface area (Å²) < 4.78 is 5.29. The molecule has 0 unspecified atom stereocenters. The lowest BCUT2D eigenvalue weighted by Crippen LogP contribution is -2.27. The predicted molar refractivity (Wildman–Crippen MR) is 88.0 cm³/mol. The Balaban J connectivity index is 1.73. The number of pyridine rings is 1. The third-order valence-electron chi connectivity index (χ3n) is 3.96. The van der Waals surface area contributed by atoms with Gasteiger partial charge in [-0.3, -0.25) is 5.32 Å². The quantitative estimate of drug-likeness (QED) is 0.902.